The van der Waals surface area contributed by atoms with Crippen LogP contribution in [0.5, 0.6) is 5.75 Å². The van der Waals surface area contributed by atoms with E-state index in [9.17, 15) is 9.59 Å². The Kier molecular flexibility index (Phi) is 4.73. The minimum Gasteiger partial charge on any atom is -0.478 e. The molecule has 0 saturated carbocycles. The molecule has 2 aromatic rings. The van der Waals surface area contributed by atoms with E-state index in [0.29, 0.717) is 16.9 Å². The maximum Gasteiger partial charge on any atom is 0.343 e. The average Bonchev–Trinajstić information content (AvgIpc) is 2.48. The Morgan fingerprint density at radius 3 is 2.05 bits per heavy atom. The van der Waals surface area contributed by atoms with Gasteiger partial charge in [0.1, 0.15) is 5.75 Å². The van der Waals surface area contributed by atoms with Crippen LogP contribution in [0.1, 0.15) is 28.4 Å². The van der Waals surface area contributed by atoms with Crippen molar-refractivity contribution >= 4 is 17.5 Å². The number of esters is 1. The van der Waals surface area contributed by atoms with Crippen LogP contribution in [-0.4, -0.2) is 17.0 Å². The number of hydrogen-bond donors (Lipinski definition) is 1. The molecule has 4 nitrogen and oxygen atoms in total. The third kappa shape index (κ3) is 4.06. The molecule has 0 heterocycles. The second-order valence-corrected chi connectivity index (χ2v) is 4.95. The van der Waals surface area contributed by atoms with Gasteiger partial charge in [-0.3, -0.25) is 0 Å². The van der Waals surface area contributed by atoms with Gasteiger partial charge in [0, 0.05) is 6.08 Å². The van der Waals surface area contributed by atoms with Crippen molar-refractivity contribution in [2.24, 2.45) is 0 Å². The molecule has 0 aromatic heterocycles. The Morgan fingerprint density at radius 1 is 0.955 bits per heavy atom. The summed E-state index contributed by atoms with van der Waals surface area (Å²) < 4.78 is 5.28. The quantitative estimate of drug-likeness (QED) is 0.531. The van der Waals surface area contributed by atoms with Crippen molar-refractivity contribution in [3.05, 3.63) is 71.3 Å². The highest BCUT2D eigenvalue weighted by molar-refractivity contribution is 5.91. The number of carboxylic acids is 1. The summed E-state index contributed by atoms with van der Waals surface area (Å²) in [5, 5.41) is 8.72. The van der Waals surface area contributed by atoms with Crippen LogP contribution in [0.25, 0.3) is 5.57 Å². The first-order chi connectivity index (χ1) is 10.5. The van der Waals surface area contributed by atoms with Crippen molar-refractivity contribution in [3.63, 3.8) is 0 Å². The SMILES string of the molecule is CC(=CC(=O)O)c1ccc(OC(=O)c2ccc(C)cc2)cc1. The summed E-state index contributed by atoms with van der Waals surface area (Å²) in [7, 11) is 0. The number of hydrogen-bond acceptors (Lipinski definition) is 3. The van der Waals surface area contributed by atoms with Crippen molar-refractivity contribution in [2.45, 2.75) is 13.8 Å². The van der Waals surface area contributed by atoms with Crippen LogP contribution in [0.4, 0.5) is 0 Å². The molecule has 0 amide bonds. The molecule has 0 saturated heterocycles. The monoisotopic (exact) mass is 296 g/mol. The Balaban J connectivity index is 2.09. The van der Waals surface area contributed by atoms with Gasteiger partial charge in [-0.25, -0.2) is 9.59 Å². The first-order valence-electron chi connectivity index (χ1n) is 6.76. The molecule has 2 aromatic carbocycles. The summed E-state index contributed by atoms with van der Waals surface area (Å²) in [5.74, 6) is -1.00. The molecular formula is C18H16O4. The van der Waals surface area contributed by atoms with Gasteiger partial charge in [0.25, 0.3) is 0 Å². The van der Waals surface area contributed by atoms with E-state index in [4.69, 9.17) is 9.84 Å². The number of carboxylic acid groups (broad SMARTS) is 1. The fraction of sp³-hybridized carbons (Fsp3) is 0.111. The lowest BCUT2D eigenvalue weighted by atomic mass is 10.1. The standard InChI is InChI=1S/C18H16O4/c1-12-3-5-15(6-4-12)18(21)22-16-9-7-14(8-10-16)13(2)11-17(19)20/h3-11H,1-2H3,(H,19,20). The first-order valence-corrected chi connectivity index (χ1v) is 6.76. The molecule has 0 fully saturated rings. The zero-order valence-corrected chi connectivity index (χ0v) is 12.4. The zero-order chi connectivity index (χ0) is 16.1. The number of carbonyl (C=O) groups is 2. The lowest BCUT2D eigenvalue weighted by Gasteiger charge is -2.06. The highest BCUT2D eigenvalue weighted by Gasteiger charge is 2.08. The van der Waals surface area contributed by atoms with Gasteiger partial charge in [-0.05, 0) is 49.2 Å². The highest BCUT2D eigenvalue weighted by Crippen LogP contribution is 2.19. The maximum absolute atomic E-state index is 12.0. The predicted molar refractivity (Wildman–Crippen MR) is 83.9 cm³/mol. The molecule has 0 aliphatic carbocycles. The van der Waals surface area contributed by atoms with E-state index in [-0.39, 0.29) is 0 Å². The normalized spacial score (nSPS) is 11.1. The van der Waals surface area contributed by atoms with Gasteiger partial charge in [-0.15, -0.1) is 0 Å². The fourth-order valence-electron chi connectivity index (χ4n) is 1.91. The summed E-state index contributed by atoms with van der Waals surface area (Å²) >= 11 is 0. The van der Waals surface area contributed by atoms with Crippen molar-refractivity contribution < 1.29 is 19.4 Å². The van der Waals surface area contributed by atoms with Crippen molar-refractivity contribution in [1.82, 2.24) is 0 Å². The first kappa shape index (κ1) is 15.5. The molecular weight excluding hydrogens is 280 g/mol. The Hall–Kier alpha value is -2.88. The molecule has 0 bridgehead atoms. The third-order valence-corrected chi connectivity index (χ3v) is 3.15. The number of benzene rings is 2. The second kappa shape index (κ2) is 6.72. The molecule has 0 unspecified atom stereocenters. The van der Waals surface area contributed by atoms with Crippen LogP contribution in [0.15, 0.2) is 54.6 Å². The Bertz CT molecular complexity index is 710. The molecule has 4 heteroatoms. The Labute approximate surface area is 128 Å². The lowest BCUT2D eigenvalue weighted by molar-refractivity contribution is -0.131. The largest absolute Gasteiger partial charge is 0.478 e. The zero-order valence-electron chi connectivity index (χ0n) is 12.4. The van der Waals surface area contributed by atoms with Gasteiger partial charge in [0.05, 0.1) is 5.56 Å². The summed E-state index contributed by atoms with van der Waals surface area (Å²) in [4.78, 5) is 22.6. The number of rotatable bonds is 4. The molecule has 0 atom stereocenters. The van der Waals surface area contributed by atoms with Gasteiger partial charge in [-0.1, -0.05) is 29.8 Å². The second-order valence-electron chi connectivity index (χ2n) is 4.95. The van der Waals surface area contributed by atoms with Gasteiger partial charge < -0.3 is 9.84 Å². The predicted octanol–water partition coefficient (Wildman–Crippen LogP) is 3.70. The van der Waals surface area contributed by atoms with E-state index in [0.717, 1.165) is 17.2 Å². The van der Waals surface area contributed by atoms with E-state index in [1.165, 1.54) is 0 Å². The fourth-order valence-corrected chi connectivity index (χ4v) is 1.91. The highest BCUT2D eigenvalue weighted by atomic mass is 16.5. The summed E-state index contributed by atoms with van der Waals surface area (Å²) in [6.45, 7) is 3.66. The van der Waals surface area contributed by atoms with Crippen LogP contribution < -0.4 is 4.74 Å². The maximum atomic E-state index is 12.0. The summed E-state index contributed by atoms with van der Waals surface area (Å²) in [5.41, 5.74) is 2.94. The van der Waals surface area contributed by atoms with Gasteiger partial charge in [0.2, 0.25) is 0 Å². The number of aliphatic carboxylic acids is 1. The van der Waals surface area contributed by atoms with Crippen LogP contribution >= 0.6 is 0 Å². The molecule has 0 spiro atoms. The van der Waals surface area contributed by atoms with Crippen molar-refractivity contribution in [3.8, 4) is 5.75 Å². The molecule has 1 N–H and O–H groups in total. The topological polar surface area (TPSA) is 63.6 Å². The van der Waals surface area contributed by atoms with E-state index in [2.05, 4.69) is 0 Å². The molecule has 112 valence electrons. The van der Waals surface area contributed by atoms with Gasteiger partial charge in [0.15, 0.2) is 0 Å². The van der Waals surface area contributed by atoms with Crippen molar-refractivity contribution in [2.75, 3.05) is 0 Å². The summed E-state index contributed by atoms with van der Waals surface area (Å²) in [6, 6.07) is 13.8. The third-order valence-electron chi connectivity index (χ3n) is 3.15. The van der Waals surface area contributed by atoms with E-state index < -0.39 is 11.9 Å². The molecule has 0 aliphatic heterocycles. The van der Waals surface area contributed by atoms with Crippen molar-refractivity contribution in [1.29, 1.82) is 0 Å². The van der Waals surface area contributed by atoms with Crippen LogP contribution in [0.2, 0.25) is 0 Å². The number of allylic oxidation sites excluding steroid dienone is 1. The van der Waals surface area contributed by atoms with E-state index >= 15 is 0 Å². The smallest absolute Gasteiger partial charge is 0.343 e. The van der Waals surface area contributed by atoms with Crippen LogP contribution in [-0.2, 0) is 4.79 Å². The van der Waals surface area contributed by atoms with Gasteiger partial charge in [-0.2, -0.15) is 0 Å². The number of carbonyl (C=O) groups excluding carboxylic acids is 1. The minimum atomic E-state index is -0.993. The number of ether oxygens (including phenoxy) is 1. The average molecular weight is 296 g/mol. The van der Waals surface area contributed by atoms with Crippen LogP contribution in [0, 0.1) is 6.92 Å². The molecule has 0 aliphatic rings. The van der Waals surface area contributed by atoms with Crippen LogP contribution in [0.3, 0.4) is 0 Å². The molecule has 2 rings (SSSR count). The molecule has 0 radical (unpaired) electrons. The minimum absolute atomic E-state index is 0.414. The molecule has 22 heavy (non-hydrogen) atoms. The lowest BCUT2D eigenvalue weighted by Crippen LogP contribution is -2.08. The Morgan fingerprint density at radius 2 is 1.50 bits per heavy atom. The van der Waals surface area contributed by atoms with E-state index in [1.807, 2.05) is 19.1 Å². The summed E-state index contributed by atoms with van der Waals surface area (Å²) in [6.07, 6.45) is 1.13. The van der Waals surface area contributed by atoms with E-state index in [1.54, 1.807) is 43.3 Å². The van der Waals surface area contributed by atoms with Gasteiger partial charge >= 0.3 is 11.9 Å². The number of aryl methyl sites for hydroxylation is 1.